The van der Waals surface area contributed by atoms with Gasteiger partial charge in [0.1, 0.15) is 6.33 Å². The molecular formula is C12H12ClN3S. The second kappa shape index (κ2) is 4.70. The van der Waals surface area contributed by atoms with Gasteiger partial charge in [-0.2, -0.15) is 0 Å². The Bertz CT molecular complexity index is 505. The molecule has 0 bridgehead atoms. The average molecular weight is 266 g/mol. The molecule has 0 amide bonds. The van der Waals surface area contributed by atoms with Crippen molar-refractivity contribution in [2.45, 2.75) is 29.8 Å². The second-order valence-electron chi connectivity index (χ2n) is 4.17. The quantitative estimate of drug-likeness (QED) is 0.792. The lowest BCUT2D eigenvalue weighted by molar-refractivity contribution is 0.663. The smallest absolute Gasteiger partial charge is 0.191 e. The van der Waals surface area contributed by atoms with Gasteiger partial charge in [-0.1, -0.05) is 35.5 Å². The van der Waals surface area contributed by atoms with Crippen molar-refractivity contribution in [3.8, 4) is 0 Å². The van der Waals surface area contributed by atoms with Gasteiger partial charge in [-0.25, -0.2) is 0 Å². The molecule has 2 aromatic rings. The van der Waals surface area contributed by atoms with Crippen molar-refractivity contribution in [2.24, 2.45) is 0 Å². The molecule has 0 radical (unpaired) electrons. The summed E-state index contributed by atoms with van der Waals surface area (Å²) < 4.78 is 2.18. The summed E-state index contributed by atoms with van der Waals surface area (Å²) in [5.41, 5.74) is 1.25. The molecule has 0 N–H and O–H groups in total. The molecule has 1 aromatic carbocycles. The van der Waals surface area contributed by atoms with Gasteiger partial charge >= 0.3 is 0 Å². The van der Waals surface area contributed by atoms with Gasteiger partial charge in [-0.15, -0.1) is 10.2 Å². The minimum absolute atomic E-state index is 0.637. The molecule has 0 atom stereocenters. The zero-order chi connectivity index (χ0) is 11.7. The van der Waals surface area contributed by atoms with Crippen LogP contribution in [-0.2, 0) is 5.75 Å². The van der Waals surface area contributed by atoms with E-state index in [1.807, 2.05) is 30.6 Å². The van der Waals surface area contributed by atoms with Crippen LogP contribution in [0.25, 0.3) is 0 Å². The fourth-order valence-electron chi connectivity index (χ4n) is 1.67. The van der Waals surface area contributed by atoms with E-state index >= 15 is 0 Å². The molecule has 1 aliphatic carbocycles. The van der Waals surface area contributed by atoms with Gasteiger partial charge < -0.3 is 4.57 Å². The lowest BCUT2D eigenvalue weighted by atomic mass is 10.2. The van der Waals surface area contributed by atoms with E-state index in [-0.39, 0.29) is 0 Å². The van der Waals surface area contributed by atoms with Crippen molar-refractivity contribution in [1.29, 1.82) is 0 Å². The van der Waals surface area contributed by atoms with Gasteiger partial charge in [0.05, 0.1) is 0 Å². The number of thioether (sulfide) groups is 1. The van der Waals surface area contributed by atoms with Crippen LogP contribution in [0.15, 0.2) is 35.7 Å². The SMILES string of the molecule is Clc1ccc(CSc2nncn2C2CC2)cc1. The highest BCUT2D eigenvalue weighted by Gasteiger charge is 2.26. The van der Waals surface area contributed by atoms with Crippen LogP contribution in [0.2, 0.25) is 5.02 Å². The van der Waals surface area contributed by atoms with Gasteiger partial charge in [0.2, 0.25) is 0 Å². The van der Waals surface area contributed by atoms with Crippen LogP contribution >= 0.6 is 23.4 Å². The number of rotatable bonds is 4. The maximum atomic E-state index is 5.85. The Balaban J connectivity index is 1.67. The van der Waals surface area contributed by atoms with Gasteiger partial charge in [0, 0.05) is 16.8 Å². The van der Waals surface area contributed by atoms with E-state index in [0.717, 1.165) is 15.9 Å². The fraction of sp³-hybridized carbons (Fsp3) is 0.333. The largest absolute Gasteiger partial charge is 0.306 e. The van der Waals surface area contributed by atoms with Crippen molar-refractivity contribution in [1.82, 2.24) is 14.8 Å². The predicted octanol–water partition coefficient (Wildman–Crippen LogP) is 3.56. The normalized spacial score (nSPS) is 15.1. The summed E-state index contributed by atoms with van der Waals surface area (Å²) in [4.78, 5) is 0. The molecule has 0 saturated heterocycles. The van der Waals surface area contributed by atoms with Crippen molar-refractivity contribution < 1.29 is 0 Å². The molecule has 1 heterocycles. The molecule has 0 aliphatic heterocycles. The molecule has 0 spiro atoms. The second-order valence-corrected chi connectivity index (χ2v) is 5.55. The average Bonchev–Trinajstić information content (AvgIpc) is 3.08. The summed E-state index contributed by atoms with van der Waals surface area (Å²) >= 11 is 7.58. The summed E-state index contributed by atoms with van der Waals surface area (Å²) in [6, 6.07) is 8.57. The zero-order valence-corrected chi connectivity index (χ0v) is 10.8. The van der Waals surface area contributed by atoms with Crippen molar-refractivity contribution >= 4 is 23.4 Å². The van der Waals surface area contributed by atoms with Crippen LogP contribution in [0.3, 0.4) is 0 Å². The summed E-state index contributed by atoms with van der Waals surface area (Å²) in [6.45, 7) is 0. The van der Waals surface area contributed by atoms with E-state index in [0.29, 0.717) is 6.04 Å². The van der Waals surface area contributed by atoms with Crippen LogP contribution in [-0.4, -0.2) is 14.8 Å². The topological polar surface area (TPSA) is 30.7 Å². The molecule has 1 fully saturated rings. The molecule has 1 aromatic heterocycles. The van der Waals surface area contributed by atoms with Crippen molar-refractivity contribution in [2.75, 3.05) is 0 Å². The Morgan fingerprint density at radius 1 is 1.29 bits per heavy atom. The lowest BCUT2D eigenvalue weighted by Gasteiger charge is -2.04. The van der Waals surface area contributed by atoms with Crippen LogP contribution in [0, 0.1) is 0 Å². The van der Waals surface area contributed by atoms with Gasteiger partial charge in [-0.3, -0.25) is 0 Å². The number of hydrogen-bond donors (Lipinski definition) is 0. The summed E-state index contributed by atoms with van der Waals surface area (Å²) in [6.07, 6.45) is 4.35. The number of halogens is 1. The van der Waals surface area contributed by atoms with E-state index in [1.165, 1.54) is 18.4 Å². The van der Waals surface area contributed by atoms with Gasteiger partial charge in [0.15, 0.2) is 5.16 Å². The molecule has 17 heavy (non-hydrogen) atoms. The highest BCUT2D eigenvalue weighted by molar-refractivity contribution is 7.98. The Morgan fingerprint density at radius 2 is 2.06 bits per heavy atom. The molecule has 1 aliphatic rings. The standard InChI is InChI=1S/C12H12ClN3S/c13-10-3-1-9(2-4-10)7-17-12-15-14-8-16(12)11-5-6-11/h1-4,8,11H,5-7H2. The first-order valence-electron chi connectivity index (χ1n) is 5.60. The van der Waals surface area contributed by atoms with E-state index in [4.69, 9.17) is 11.6 Å². The van der Waals surface area contributed by atoms with Crippen molar-refractivity contribution in [3.05, 3.63) is 41.2 Å². The Morgan fingerprint density at radius 3 is 2.76 bits per heavy atom. The first kappa shape index (κ1) is 11.1. The molecule has 1 saturated carbocycles. The maximum Gasteiger partial charge on any atom is 0.191 e. The molecule has 3 nitrogen and oxygen atoms in total. The Labute approximate surface area is 109 Å². The van der Waals surface area contributed by atoms with Gasteiger partial charge in [-0.05, 0) is 30.5 Å². The van der Waals surface area contributed by atoms with Crippen LogP contribution in [0.5, 0.6) is 0 Å². The monoisotopic (exact) mass is 265 g/mol. The third-order valence-electron chi connectivity index (χ3n) is 2.76. The van der Waals surface area contributed by atoms with Crippen LogP contribution in [0.4, 0.5) is 0 Å². The predicted molar refractivity (Wildman–Crippen MR) is 69.3 cm³/mol. The third kappa shape index (κ3) is 2.64. The lowest BCUT2D eigenvalue weighted by Crippen LogP contribution is -1.94. The fourth-order valence-corrected chi connectivity index (χ4v) is 2.73. The maximum absolute atomic E-state index is 5.85. The Hall–Kier alpha value is -1.00. The minimum Gasteiger partial charge on any atom is -0.306 e. The van der Waals surface area contributed by atoms with E-state index in [1.54, 1.807) is 11.8 Å². The number of nitrogens with zero attached hydrogens (tertiary/aromatic N) is 3. The number of benzene rings is 1. The van der Waals surface area contributed by atoms with E-state index in [9.17, 15) is 0 Å². The van der Waals surface area contributed by atoms with Crippen LogP contribution in [0.1, 0.15) is 24.4 Å². The third-order valence-corrected chi connectivity index (χ3v) is 4.04. The molecule has 0 unspecified atom stereocenters. The molecule has 3 rings (SSSR count). The minimum atomic E-state index is 0.637. The number of aromatic nitrogens is 3. The Kier molecular flexibility index (Phi) is 3.07. The summed E-state index contributed by atoms with van der Waals surface area (Å²) in [5.74, 6) is 0.905. The zero-order valence-electron chi connectivity index (χ0n) is 9.21. The van der Waals surface area contributed by atoms with E-state index in [2.05, 4.69) is 14.8 Å². The molecular weight excluding hydrogens is 254 g/mol. The van der Waals surface area contributed by atoms with Crippen molar-refractivity contribution in [3.63, 3.8) is 0 Å². The molecule has 88 valence electrons. The van der Waals surface area contributed by atoms with E-state index < -0.39 is 0 Å². The highest BCUT2D eigenvalue weighted by Crippen LogP contribution is 2.37. The van der Waals surface area contributed by atoms with Gasteiger partial charge in [0.25, 0.3) is 0 Å². The summed E-state index contributed by atoms with van der Waals surface area (Å²) in [7, 11) is 0. The highest BCUT2D eigenvalue weighted by atomic mass is 35.5. The number of hydrogen-bond acceptors (Lipinski definition) is 3. The molecule has 5 heteroatoms. The first-order chi connectivity index (χ1) is 8.33. The van der Waals surface area contributed by atoms with Crippen LogP contribution < -0.4 is 0 Å². The summed E-state index contributed by atoms with van der Waals surface area (Å²) in [5, 5.41) is 9.93. The first-order valence-corrected chi connectivity index (χ1v) is 6.96.